The number of anilines is 1. The van der Waals surface area contributed by atoms with E-state index in [4.69, 9.17) is 10.2 Å². The molecule has 18 heavy (non-hydrogen) atoms. The Balaban J connectivity index is 2.33. The summed E-state index contributed by atoms with van der Waals surface area (Å²) in [7, 11) is 1.56. The smallest absolute Gasteiger partial charge is 0.408 e. The van der Waals surface area contributed by atoms with Gasteiger partial charge in [-0.2, -0.15) is 0 Å². The second-order valence-electron chi connectivity index (χ2n) is 3.85. The van der Waals surface area contributed by atoms with Gasteiger partial charge in [-0.05, 0) is 18.2 Å². The zero-order valence-corrected chi connectivity index (χ0v) is 9.71. The number of fused-ring (bicyclic) bond motifs is 1. The molecule has 0 radical (unpaired) electrons. The van der Waals surface area contributed by atoms with E-state index in [9.17, 15) is 14.7 Å². The van der Waals surface area contributed by atoms with Crippen molar-refractivity contribution in [2.24, 2.45) is 12.8 Å². The maximum absolute atomic E-state index is 11.4. The van der Waals surface area contributed by atoms with Gasteiger partial charge in [0.1, 0.15) is 6.10 Å². The van der Waals surface area contributed by atoms with Crippen LogP contribution >= 0.6 is 0 Å². The van der Waals surface area contributed by atoms with Crippen molar-refractivity contribution in [3.63, 3.8) is 0 Å². The lowest BCUT2D eigenvalue weighted by atomic mass is 10.2. The minimum atomic E-state index is -1.26. The van der Waals surface area contributed by atoms with Crippen molar-refractivity contribution in [2.45, 2.75) is 6.10 Å². The van der Waals surface area contributed by atoms with Crippen LogP contribution in [0.2, 0.25) is 0 Å². The van der Waals surface area contributed by atoms with Crippen molar-refractivity contribution in [1.29, 1.82) is 0 Å². The van der Waals surface area contributed by atoms with Crippen LogP contribution in [-0.2, 0) is 11.8 Å². The first-order chi connectivity index (χ1) is 8.52. The van der Waals surface area contributed by atoms with Crippen LogP contribution in [0.5, 0.6) is 0 Å². The van der Waals surface area contributed by atoms with Gasteiger partial charge in [0.15, 0.2) is 5.58 Å². The number of aryl methyl sites for hydroxylation is 1. The van der Waals surface area contributed by atoms with Crippen LogP contribution in [0.15, 0.2) is 27.4 Å². The van der Waals surface area contributed by atoms with Crippen molar-refractivity contribution in [3.05, 3.63) is 28.7 Å². The molecule has 1 aromatic carbocycles. The fraction of sp³-hybridized carbons (Fsp3) is 0.273. The Hall–Kier alpha value is -2.12. The maximum atomic E-state index is 11.4. The summed E-state index contributed by atoms with van der Waals surface area (Å²) in [6.07, 6.45) is -1.26. The average molecular weight is 251 g/mol. The van der Waals surface area contributed by atoms with Crippen molar-refractivity contribution < 1.29 is 14.3 Å². The Morgan fingerprint density at radius 3 is 3.00 bits per heavy atom. The number of aliphatic hydroxyl groups excluding tert-OH is 1. The molecule has 7 heteroatoms. The predicted molar refractivity (Wildman–Crippen MR) is 65.1 cm³/mol. The lowest BCUT2D eigenvalue weighted by molar-refractivity contribution is -0.123. The van der Waals surface area contributed by atoms with Gasteiger partial charge in [0, 0.05) is 19.3 Å². The third kappa shape index (κ3) is 2.13. The third-order valence-electron chi connectivity index (χ3n) is 2.58. The summed E-state index contributed by atoms with van der Waals surface area (Å²) in [6, 6.07) is 4.73. The molecule has 2 rings (SSSR count). The minimum absolute atomic E-state index is 0.154. The van der Waals surface area contributed by atoms with Crippen LogP contribution in [0.1, 0.15) is 0 Å². The predicted octanol–water partition coefficient (Wildman–Crippen LogP) is -0.610. The first-order valence-corrected chi connectivity index (χ1v) is 5.31. The van der Waals surface area contributed by atoms with Crippen LogP contribution in [0, 0.1) is 0 Å². The zero-order chi connectivity index (χ0) is 13.3. The molecule has 0 saturated carbocycles. The average Bonchev–Trinajstić information content (AvgIpc) is 2.64. The highest BCUT2D eigenvalue weighted by Crippen LogP contribution is 2.17. The zero-order valence-electron chi connectivity index (χ0n) is 9.71. The van der Waals surface area contributed by atoms with Crippen molar-refractivity contribution in [1.82, 2.24) is 4.57 Å². The maximum Gasteiger partial charge on any atom is 0.419 e. The number of hydrogen-bond donors (Lipinski definition) is 3. The number of oxazole rings is 1. The molecule has 0 aliphatic rings. The van der Waals surface area contributed by atoms with Gasteiger partial charge in [-0.15, -0.1) is 0 Å². The fourth-order valence-corrected chi connectivity index (χ4v) is 1.54. The number of benzene rings is 1. The summed E-state index contributed by atoms with van der Waals surface area (Å²) in [6.45, 7) is -0.154. The number of carbonyl (C=O) groups is 1. The number of nitrogens with two attached hydrogens (primary N) is 1. The number of nitrogens with one attached hydrogen (secondary N) is 1. The summed E-state index contributed by atoms with van der Waals surface area (Å²) in [5.74, 6) is -1.07. The Labute approximate surface area is 102 Å². The third-order valence-corrected chi connectivity index (χ3v) is 2.58. The molecular weight excluding hydrogens is 238 g/mol. The molecular formula is C11H13N3O4. The molecule has 2 aromatic rings. The lowest BCUT2D eigenvalue weighted by Gasteiger charge is -2.09. The van der Waals surface area contributed by atoms with E-state index in [2.05, 4.69) is 5.32 Å². The molecule has 1 unspecified atom stereocenters. The summed E-state index contributed by atoms with van der Waals surface area (Å²) < 4.78 is 6.28. The highest BCUT2D eigenvalue weighted by Gasteiger charge is 2.14. The number of rotatable bonds is 3. The number of hydrogen-bond acceptors (Lipinski definition) is 5. The number of amides is 1. The molecule has 96 valence electrons. The molecule has 1 aromatic heterocycles. The second-order valence-corrected chi connectivity index (χ2v) is 3.85. The monoisotopic (exact) mass is 251 g/mol. The molecule has 1 heterocycles. The van der Waals surface area contributed by atoms with Gasteiger partial charge in [-0.1, -0.05) is 0 Å². The van der Waals surface area contributed by atoms with Gasteiger partial charge in [0.2, 0.25) is 0 Å². The van der Waals surface area contributed by atoms with Crippen LogP contribution < -0.4 is 16.8 Å². The van der Waals surface area contributed by atoms with E-state index in [1.165, 1.54) is 4.57 Å². The summed E-state index contributed by atoms with van der Waals surface area (Å²) in [5.41, 5.74) is 6.61. The van der Waals surface area contributed by atoms with Crippen molar-refractivity contribution >= 4 is 22.7 Å². The topological polar surface area (TPSA) is 110 Å². The minimum Gasteiger partial charge on any atom is -0.408 e. The number of nitrogens with zero attached hydrogens (tertiary/aromatic N) is 1. The van der Waals surface area contributed by atoms with Crippen LogP contribution in [-0.4, -0.2) is 28.2 Å². The molecule has 1 amide bonds. The van der Waals surface area contributed by atoms with E-state index >= 15 is 0 Å². The van der Waals surface area contributed by atoms with Gasteiger partial charge < -0.3 is 20.6 Å². The first-order valence-electron chi connectivity index (χ1n) is 5.31. The van der Waals surface area contributed by atoms with Crippen LogP contribution in [0.4, 0.5) is 5.69 Å². The normalized spacial score (nSPS) is 12.6. The molecule has 0 bridgehead atoms. The number of carbonyl (C=O) groups excluding carboxylic acids is 1. The van der Waals surface area contributed by atoms with E-state index in [0.717, 1.165) is 0 Å². The first kappa shape index (κ1) is 12.3. The SMILES string of the molecule is Cn1c(=O)oc2ccc(NC(=O)C(O)CN)cc21. The summed E-state index contributed by atoms with van der Waals surface area (Å²) >= 11 is 0. The second kappa shape index (κ2) is 4.63. The molecule has 7 nitrogen and oxygen atoms in total. The van der Waals surface area contributed by atoms with Crippen LogP contribution in [0.3, 0.4) is 0 Å². The standard InChI is InChI=1S/C11H13N3O4/c1-14-7-4-6(13-10(16)8(15)5-12)2-3-9(7)18-11(14)17/h2-4,8,15H,5,12H2,1H3,(H,13,16). The van der Waals surface area contributed by atoms with Gasteiger partial charge in [-0.25, -0.2) is 4.79 Å². The van der Waals surface area contributed by atoms with E-state index in [1.54, 1.807) is 25.2 Å². The summed E-state index contributed by atoms with van der Waals surface area (Å²) in [5, 5.41) is 11.7. The van der Waals surface area contributed by atoms with E-state index in [0.29, 0.717) is 16.8 Å². The molecule has 0 aliphatic heterocycles. The largest absolute Gasteiger partial charge is 0.419 e. The van der Waals surface area contributed by atoms with E-state index in [-0.39, 0.29) is 6.54 Å². The van der Waals surface area contributed by atoms with Crippen molar-refractivity contribution in [2.75, 3.05) is 11.9 Å². The van der Waals surface area contributed by atoms with Crippen molar-refractivity contribution in [3.8, 4) is 0 Å². The highest BCUT2D eigenvalue weighted by molar-refractivity contribution is 5.95. The molecule has 4 N–H and O–H groups in total. The van der Waals surface area contributed by atoms with Gasteiger partial charge >= 0.3 is 5.76 Å². The molecule has 0 saturated heterocycles. The number of aromatic nitrogens is 1. The Bertz CT molecular complexity index is 643. The molecule has 1 atom stereocenters. The lowest BCUT2D eigenvalue weighted by Crippen LogP contribution is -2.34. The van der Waals surface area contributed by atoms with Crippen LogP contribution in [0.25, 0.3) is 11.1 Å². The molecule has 0 aliphatic carbocycles. The van der Waals surface area contributed by atoms with Gasteiger partial charge in [-0.3, -0.25) is 9.36 Å². The Kier molecular flexibility index (Phi) is 3.17. The quantitative estimate of drug-likeness (QED) is 0.674. The highest BCUT2D eigenvalue weighted by atomic mass is 16.4. The van der Waals surface area contributed by atoms with E-state index < -0.39 is 17.8 Å². The van der Waals surface area contributed by atoms with Gasteiger partial charge in [0.25, 0.3) is 5.91 Å². The Morgan fingerprint density at radius 1 is 1.61 bits per heavy atom. The molecule has 0 fully saturated rings. The number of aliphatic hydroxyl groups is 1. The van der Waals surface area contributed by atoms with Gasteiger partial charge in [0.05, 0.1) is 5.52 Å². The molecule has 0 spiro atoms. The Morgan fingerprint density at radius 2 is 2.33 bits per heavy atom. The fourth-order valence-electron chi connectivity index (χ4n) is 1.54. The summed E-state index contributed by atoms with van der Waals surface area (Å²) in [4.78, 5) is 22.7. The van der Waals surface area contributed by atoms with E-state index in [1.807, 2.05) is 0 Å².